The molecular weight excluding hydrogens is 388 g/mol. The second-order valence-corrected chi connectivity index (χ2v) is 6.86. The fourth-order valence-electron chi connectivity index (χ4n) is 2.06. The highest BCUT2D eigenvalue weighted by Gasteiger charge is 2.20. The van der Waals surface area contributed by atoms with Gasteiger partial charge in [-0.2, -0.15) is 13.5 Å². The number of nitrogens with one attached hydrogen (secondary N) is 2. The highest BCUT2D eigenvalue weighted by Crippen LogP contribution is 2.27. The van der Waals surface area contributed by atoms with Crippen molar-refractivity contribution in [3.8, 4) is 0 Å². The lowest BCUT2D eigenvalue weighted by molar-refractivity contribution is -0.384. The summed E-state index contributed by atoms with van der Waals surface area (Å²) in [7, 11) is -4.61. The molecule has 5 N–H and O–H groups in total. The topological polar surface area (TPSA) is 184 Å². The van der Waals surface area contributed by atoms with Crippen LogP contribution in [0.25, 0.3) is 0 Å². The Balaban J connectivity index is 2.42. The fourth-order valence-corrected chi connectivity index (χ4v) is 2.56. The average molecular weight is 404 g/mol. The normalized spacial score (nSPS) is 12.5. The molecule has 146 valence electrons. The maximum Gasteiger partial charge on any atom is 0.295 e. The van der Waals surface area contributed by atoms with Gasteiger partial charge in [0.15, 0.2) is 5.84 Å². The van der Waals surface area contributed by atoms with Gasteiger partial charge in [-0.1, -0.05) is 18.2 Å². The molecule has 2 rings (SSSR count). The lowest BCUT2D eigenvalue weighted by atomic mass is 10.2. The molecule has 0 atom stereocenters. The third kappa shape index (κ3) is 5.18. The summed E-state index contributed by atoms with van der Waals surface area (Å²) in [5.74, 6) is -0.0941. The number of nitro groups is 1. The lowest BCUT2D eigenvalue weighted by Crippen LogP contribution is -2.30. The van der Waals surface area contributed by atoms with Crippen LogP contribution in [-0.4, -0.2) is 35.2 Å². The van der Waals surface area contributed by atoms with Crippen LogP contribution in [0.2, 0.25) is 0 Å². The van der Waals surface area contributed by atoms with Crippen LogP contribution in [0.15, 0.2) is 63.5 Å². The number of hydrazone groups is 1. The van der Waals surface area contributed by atoms with E-state index >= 15 is 0 Å². The van der Waals surface area contributed by atoms with Crippen LogP contribution in [0.3, 0.4) is 0 Å². The Bertz CT molecular complexity index is 1080. The molecule has 0 aliphatic rings. The number of nitrogens with zero attached hydrogens (tertiary/aromatic N) is 3. The van der Waals surface area contributed by atoms with Crippen molar-refractivity contribution in [1.29, 1.82) is 5.41 Å². The summed E-state index contributed by atoms with van der Waals surface area (Å²) in [5, 5.41) is 22.9. The van der Waals surface area contributed by atoms with Crippen LogP contribution < -0.4 is 11.2 Å². The van der Waals surface area contributed by atoms with Crippen molar-refractivity contribution in [1.82, 2.24) is 0 Å². The van der Waals surface area contributed by atoms with E-state index in [2.05, 4.69) is 15.5 Å². The minimum absolute atomic E-state index is 0.0538. The maximum atomic E-state index is 11.2. The largest absolute Gasteiger partial charge is 0.382 e. The first-order valence-corrected chi connectivity index (χ1v) is 9.08. The Morgan fingerprint density at radius 2 is 1.89 bits per heavy atom. The second kappa shape index (κ2) is 8.37. The van der Waals surface area contributed by atoms with Gasteiger partial charge in [-0.3, -0.25) is 20.1 Å². The first-order chi connectivity index (χ1) is 13.1. The zero-order chi connectivity index (χ0) is 20.9. The van der Waals surface area contributed by atoms with Gasteiger partial charge in [0.2, 0.25) is 0 Å². The summed E-state index contributed by atoms with van der Waals surface area (Å²) in [6, 6.07) is 11.4. The van der Waals surface area contributed by atoms with Crippen LogP contribution >= 0.6 is 0 Å². The van der Waals surface area contributed by atoms with Crippen molar-refractivity contribution in [3.05, 3.63) is 58.6 Å². The molecule has 0 aliphatic heterocycles. The van der Waals surface area contributed by atoms with Gasteiger partial charge >= 0.3 is 0 Å². The number of hydrogen-bond acceptors (Lipinski definition) is 8. The monoisotopic (exact) mass is 404 g/mol. The number of nitrogens with two attached hydrogens (primary N) is 1. The molecule has 2 aromatic rings. The predicted molar refractivity (Wildman–Crippen MR) is 105 cm³/mol. The van der Waals surface area contributed by atoms with Crippen molar-refractivity contribution < 1.29 is 17.9 Å². The summed E-state index contributed by atoms with van der Waals surface area (Å²) >= 11 is 0. The highest BCUT2D eigenvalue weighted by molar-refractivity contribution is 7.85. The fraction of sp³-hybridized carbons (Fsp3) is 0.0625. The van der Waals surface area contributed by atoms with E-state index < -0.39 is 25.6 Å². The van der Waals surface area contributed by atoms with E-state index in [4.69, 9.17) is 15.7 Å². The molecule has 28 heavy (non-hydrogen) atoms. The summed E-state index contributed by atoms with van der Waals surface area (Å²) < 4.78 is 31.4. The van der Waals surface area contributed by atoms with Gasteiger partial charge in [0, 0.05) is 6.07 Å². The third-order valence-electron chi connectivity index (χ3n) is 3.36. The zero-order valence-corrected chi connectivity index (χ0v) is 15.3. The van der Waals surface area contributed by atoms with Gasteiger partial charge in [-0.05, 0) is 31.2 Å². The number of rotatable bonds is 7. The maximum absolute atomic E-state index is 11.2. The molecule has 0 aromatic heterocycles. The number of amidine groups is 1. The van der Waals surface area contributed by atoms with E-state index in [1.54, 1.807) is 30.3 Å². The van der Waals surface area contributed by atoms with E-state index in [1.165, 1.54) is 6.92 Å². The van der Waals surface area contributed by atoms with Gasteiger partial charge in [-0.25, -0.2) is 4.99 Å². The molecular formula is C16H16N6O5S. The smallest absolute Gasteiger partial charge is 0.295 e. The first kappa shape index (κ1) is 20.7. The Hall–Kier alpha value is -3.64. The van der Waals surface area contributed by atoms with Crippen LogP contribution in [-0.2, 0) is 10.1 Å². The SMILES string of the molecule is CC(=N)/C(=N\Nc1ccc(S(=O)(=O)O)cc1[N+](=O)[O-])C(N)=Nc1ccccc1. The number of aliphatic imine (C=N–C) groups is 1. The summed E-state index contributed by atoms with van der Waals surface area (Å²) in [6.07, 6.45) is 0. The number of para-hydroxylation sites is 1. The van der Waals surface area contributed by atoms with E-state index in [0.29, 0.717) is 11.8 Å². The van der Waals surface area contributed by atoms with Crippen molar-refractivity contribution in [2.75, 3.05) is 5.43 Å². The first-order valence-electron chi connectivity index (χ1n) is 7.64. The molecule has 0 aliphatic carbocycles. The van der Waals surface area contributed by atoms with Gasteiger partial charge < -0.3 is 11.1 Å². The van der Waals surface area contributed by atoms with Crippen LogP contribution in [0, 0.1) is 15.5 Å². The Morgan fingerprint density at radius 1 is 1.25 bits per heavy atom. The molecule has 11 nitrogen and oxygen atoms in total. The molecule has 0 amide bonds. The third-order valence-corrected chi connectivity index (χ3v) is 4.21. The van der Waals surface area contributed by atoms with Crippen molar-refractivity contribution in [2.24, 2.45) is 15.8 Å². The second-order valence-electron chi connectivity index (χ2n) is 5.44. The Kier molecular flexibility index (Phi) is 6.18. The molecule has 0 spiro atoms. The molecule has 0 heterocycles. The van der Waals surface area contributed by atoms with E-state index in [1.807, 2.05) is 0 Å². The number of benzene rings is 2. The minimum Gasteiger partial charge on any atom is -0.382 e. The molecule has 0 unspecified atom stereocenters. The van der Waals surface area contributed by atoms with Crippen LogP contribution in [0.1, 0.15) is 6.92 Å². The standard InChI is InChI=1S/C16H16N6O5S/c1-10(17)15(16(18)19-11-5-3-2-4-6-11)21-20-13-8-7-12(28(25,26)27)9-14(13)22(23)24/h2-9,17,20H,1H3,(H2,18,19)(H,25,26,27)/b17-10?,21-15+. The lowest BCUT2D eigenvalue weighted by Gasteiger charge is -2.07. The number of hydrogen-bond donors (Lipinski definition) is 4. The molecule has 0 saturated heterocycles. The van der Waals surface area contributed by atoms with Crippen LogP contribution in [0.5, 0.6) is 0 Å². The van der Waals surface area contributed by atoms with E-state index in [9.17, 15) is 18.5 Å². The Labute approximate surface area is 160 Å². The quantitative estimate of drug-likeness (QED) is 0.179. The Morgan fingerprint density at radius 3 is 2.43 bits per heavy atom. The van der Waals surface area contributed by atoms with Gasteiger partial charge in [0.05, 0.1) is 16.3 Å². The molecule has 0 bridgehead atoms. The molecule has 0 fully saturated rings. The molecule has 0 saturated carbocycles. The molecule has 2 aromatic carbocycles. The van der Waals surface area contributed by atoms with Crippen molar-refractivity contribution in [2.45, 2.75) is 11.8 Å². The minimum atomic E-state index is -4.61. The highest BCUT2D eigenvalue weighted by atomic mass is 32.2. The number of nitro benzene ring substituents is 1. The van der Waals surface area contributed by atoms with Gasteiger partial charge in [0.1, 0.15) is 16.3 Å². The summed E-state index contributed by atoms with van der Waals surface area (Å²) in [4.78, 5) is 13.9. The predicted octanol–water partition coefficient (Wildman–Crippen LogP) is 2.34. The van der Waals surface area contributed by atoms with Crippen molar-refractivity contribution >= 4 is 44.4 Å². The van der Waals surface area contributed by atoms with E-state index in [-0.39, 0.29) is 22.9 Å². The molecule has 12 heteroatoms. The zero-order valence-electron chi connectivity index (χ0n) is 14.5. The van der Waals surface area contributed by atoms with Gasteiger partial charge in [-0.15, -0.1) is 0 Å². The molecule has 0 radical (unpaired) electrons. The number of anilines is 1. The summed E-state index contributed by atoms with van der Waals surface area (Å²) in [6.45, 7) is 1.41. The van der Waals surface area contributed by atoms with Crippen molar-refractivity contribution in [3.63, 3.8) is 0 Å². The van der Waals surface area contributed by atoms with E-state index in [0.717, 1.165) is 12.1 Å². The average Bonchev–Trinajstić information content (AvgIpc) is 2.61. The van der Waals surface area contributed by atoms with Gasteiger partial charge in [0.25, 0.3) is 15.8 Å². The van der Waals surface area contributed by atoms with Crippen LogP contribution in [0.4, 0.5) is 17.1 Å². The summed E-state index contributed by atoms with van der Waals surface area (Å²) in [5.41, 5.74) is 7.89.